The molecule has 1 saturated carbocycles. The second-order valence-corrected chi connectivity index (χ2v) is 6.30. The highest BCUT2D eigenvalue weighted by molar-refractivity contribution is 5.74. The average Bonchev–Trinajstić information content (AvgIpc) is 2.49. The van der Waals surface area contributed by atoms with Gasteiger partial charge in [0.2, 0.25) is 5.92 Å². The molecule has 0 heterocycles. The zero-order valence-electron chi connectivity index (χ0n) is 13.3. The summed E-state index contributed by atoms with van der Waals surface area (Å²) in [4.78, 5) is 22.7. The minimum absolute atomic E-state index is 0.0490. The molecule has 1 aromatic rings. The van der Waals surface area contributed by atoms with Crippen molar-refractivity contribution in [3.05, 3.63) is 35.9 Å². The maximum atomic E-state index is 12.8. The Kier molecular flexibility index (Phi) is 6.11. The Morgan fingerprint density at radius 2 is 1.92 bits per heavy atom. The summed E-state index contributed by atoms with van der Waals surface area (Å²) < 4.78 is 25.5. The van der Waals surface area contributed by atoms with Crippen LogP contribution in [-0.2, 0) is 11.2 Å². The lowest BCUT2D eigenvalue weighted by Gasteiger charge is -2.35. The zero-order chi connectivity index (χ0) is 17.6. The molecule has 0 radical (unpaired) electrons. The van der Waals surface area contributed by atoms with Crippen LogP contribution < -0.4 is 10.6 Å². The van der Waals surface area contributed by atoms with Crippen LogP contribution in [0.25, 0.3) is 0 Å². The van der Waals surface area contributed by atoms with Crippen LogP contribution in [0.15, 0.2) is 30.3 Å². The number of hydrogen-bond acceptors (Lipinski definition) is 2. The van der Waals surface area contributed by atoms with E-state index in [-0.39, 0.29) is 37.8 Å². The molecular weight excluding hydrogens is 318 g/mol. The molecule has 24 heavy (non-hydrogen) atoms. The lowest BCUT2D eigenvalue weighted by atomic mass is 9.81. The molecule has 1 atom stereocenters. The van der Waals surface area contributed by atoms with Gasteiger partial charge in [-0.05, 0) is 24.3 Å². The van der Waals surface area contributed by atoms with Gasteiger partial charge in [0.05, 0.1) is 0 Å². The average molecular weight is 340 g/mol. The zero-order valence-corrected chi connectivity index (χ0v) is 13.3. The number of carboxylic acids is 1. The Balaban J connectivity index is 1.80. The normalized spacial score (nSPS) is 17.6. The molecule has 1 unspecified atom stereocenters. The van der Waals surface area contributed by atoms with Crippen molar-refractivity contribution in [2.75, 3.05) is 6.54 Å². The topological polar surface area (TPSA) is 78.4 Å². The van der Waals surface area contributed by atoms with E-state index in [2.05, 4.69) is 10.6 Å². The first-order valence-corrected chi connectivity index (χ1v) is 8.02. The second-order valence-electron chi connectivity index (χ2n) is 6.30. The molecule has 132 valence electrons. The molecule has 5 nitrogen and oxygen atoms in total. The molecule has 1 aromatic carbocycles. The fourth-order valence-electron chi connectivity index (χ4n) is 2.82. The number of urea groups is 1. The van der Waals surface area contributed by atoms with E-state index in [0.29, 0.717) is 12.8 Å². The van der Waals surface area contributed by atoms with Gasteiger partial charge >= 0.3 is 12.0 Å². The summed E-state index contributed by atoms with van der Waals surface area (Å²) >= 11 is 0. The molecular formula is C17H22F2N2O3. The predicted octanol–water partition coefficient (Wildman–Crippen LogP) is 2.81. The maximum Gasteiger partial charge on any atom is 0.315 e. The summed E-state index contributed by atoms with van der Waals surface area (Å²) in [6.07, 6.45) is 0.383. The monoisotopic (exact) mass is 340 g/mol. The second kappa shape index (κ2) is 8.08. The molecule has 1 fully saturated rings. The maximum absolute atomic E-state index is 12.8. The third-order valence-electron chi connectivity index (χ3n) is 4.09. The van der Waals surface area contributed by atoms with Gasteiger partial charge in [-0.1, -0.05) is 30.3 Å². The Morgan fingerprint density at radius 1 is 1.25 bits per heavy atom. The van der Waals surface area contributed by atoms with Gasteiger partial charge in [-0.3, -0.25) is 4.79 Å². The van der Waals surface area contributed by atoms with E-state index < -0.39 is 17.9 Å². The van der Waals surface area contributed by atoms with Crippen molar-refractivity contribution in [2.24, 2.45) is 5.92 Å². The van der Waals surface area contributed by atoms with Crippen LogP contribution in [0.1, 0.15) is 31.2 Å². The highest BCUT2D eigenvalue weighted by atomic mass is 19.3. The standard InChI is InChI=1S/C17H22F2N2O3/c18-17(19)9-13(10-17)11-20-16(24)21-14(6-7-15(22)23)8-12-4-2-1-3-5-12/h1-5,13-14H,6-11H2,(H,22,23)(H2,20,21,24). The third kappa shape index (κ3) is 6.14. The van der Waals surface area contributed by atoms with Crippen molar-refractivity contribution >= 4 is 12.0 Å². The highest BCUT2D eigenvalue weighted by Gasteiger charge is 2.45. The molecule has 2 amide bonds. The number of carboxylic acid groups (broad SMARTS) is 1. The molecule has 0 spiro atoms. The van der Waals surface area contributed by atoms with Crippen molar-refractivity contribution in [1.82, 2.24) is 10.6 Å². The molecule has 1 aliphatic carbocycles. The Morgan fingerprint density at radius 3 is 2.50 bits per heavy atom. The number of hydrogen-bond donors (Lipinski definition) is 3. The molecule has 0 saturated heterocycles. The van der Waals surface area contributed by atoms with E-state index in [1.54, 1.807) is 0 Å². The number of carbonyl (C=O) groups is 2. The third-order valence-corrected chi connectivity index (χ3v) is 4.09. The Hall–Kier alpha value is -2.18. The fourth-order valence-corrected chi connectivity index (χ4v) is 2.82. The molecule has 2 rings (SSSR count). The Labute approximate surface area is 139 Å². The summed E-state index contributed by atoms with van der Waals surface area (Å²) in [5, 5.41) is 14.2. The number of alkyl halides is 2. The quantitative estimate of drug-likeness (QED) is 0.681. The smallest absolute Gasteiger partial charge is 0.315 e. The molecule has 1 aliphatic rings. The van der Waals surface area contributed by atoms with E-state index >= 15 is 0 Å². The van der Waals surface area contributed by atoms with Gasteiger partial charge in [-0.15, -0.1) is 0 Å². The summed E-state index contributed by atoms with van der Waals surface area (Å²) in [6, 6.07) is 8.67. The van der Waals surface area contributed by atoms with Crippen LogP contribution in [-0.4, -0.2) is 35.6 Å². The number of aliphatic carboxylic acids is 1. The van der Waals surface area contributed by atoms with Gasteiger partial charge < -0.3 is 15.7 Å². The Bertz CT molecular complexity index is 558. The molecule has 0 aromatic heterocycles. The fraction of sp³-hybridized carbons (Fsp3) is 0.529. The van der Waals surface area contributed by atoms with Crippen molar-refractivity contribution in [3.63, 3.8) is 0 Å². The summed E-state index contributed by atoms with van der Waals surface area (Å²) in [6.45, 7) is 0.207. The van der Waals surface area contributed by atoms with E-state index in [9.17, 15) is 18.4 Å². The minimum atomic E-state index is -2.60. The van der Waals surface area contributed by atoms with Crippen molar-refractivity contribution < 1.29 is 23.5 Å². The number of halogens is 2. The van der Waals surface area contributed by atoms with Gasteiger partial charge in [-0.25, -0.2) is 13.6 Å². The number of amides is 2. The van der Waals surface area contributed by atoms with E-state index in [0.717, 1.165) is 5.56 Å². The van der Waals surface area contributed by atoms with Crippen LogP contribution in [0.4, 0.5) is 13.6 Å². The first kappa shape index (κ1) is 18.2. The molecule has 7 heteroatoms. The van der Waals surface area contributed by atoms with Crippen molar-refractivity contribution in [1.29, 1.82) is 0 Å². The number of nitrogens with one attached hydrogen (secondary N) is 2. The van der Waals surface area contributed by atoms with Crippen LogP contribution in [0.5, 0.6) is 0 Å². The van der Waals surface area contributed by atoms with E-state index in [4.69, 9.17) is 5.11 Å². The van der Waals surface area contributed by atoms with Crippen LogP contribution in [0.2, 0.25) is 0 Å². The van der Waals surface area contributed by atoms with Crippen LogP contribution >= 0.6 is 0 Å². The van der Waals surface area contributed by atoms with Crippen LogP contribution in [0.3, 0.4) is 0 Å². The van der Waals surface area contributed by atoms with Gasteiger partial charge in [0.15, 0.2) is 0 Å². The SMILES string of the molecule is O=C(O)CCC(Cc1ccccc1)NC(=O)NCC1CC(F)(F)C1. The number of benzene rings is 1. The summed E-state index contributed by atoms with van der Waals surface area (Å²) in [7, 11) is 0. The number of rotatable bonds is 8. The molecule has 0 bridgehead atoms. The van der Waals surface area contributed by atoms with Gasteiger partial charge in [0.1, 0.15) is 0 Å². The lowest BCUT2D eigenvalue weighted by Crippen LogP contribution is -2.48. The lowest BCUT2D eigenvalue weighted by molar-refractivity contribution is -0.137. The van der Waals surface area contributed by atoms with Gasteiger partial charge in [0, 0.05) is 31.8 Å². The largest absolute Gasteiger partial charge is 0.481 e. The highest BCUT2D eigenvalue weighted by Crippen LogP contribution is 2.41. The summed E-state index contributed by atoms with van der Waals surface area (Å²) in [5.74, 6) is -3.72. The first-order valence-electron chi connectivity index (χ1n) is 8.02. The van der Waals surface area contributed by atoms with Gasteiger partial charge in [-0.2, -0.15) is 0 Å². The van der Waals surface area contributed by atoms with Crippen molar-refractivity contribution in [3.8, 4) is 0 Å². The predicted molar refractivity (Wildman–Crippen MR) is 85.0 cm³/mol. The first-order chi connectivity index (χ1) is 11.3. The van der Waals surface area contributed by atoms with E-state index in [1.807, 2.05) is 30.3 Å². The van der Waals surface area contributed by atoms with Gasteiger partial charge in [0.25, 0.3) is 0 Å². The molecule has 0 aliphatic heterocycles. The minimum Gasteiger partial charge on any atom is -0.481 e. The number of carbonyl (C=O) groups excluding carboxylic acids is 1. The van der Waals surface area contributed by atoms with Crippen LogP contribution in [0, 0.1) is 5.92 Å². The molecule has 3 N–H and O–H groups in total. The summed E-state index contributed by atoms with van der Waals surface area (Å²) in [5.41, 5.74) is 0.992. The van der Waals surface area contributed by atoms with E-state index in [1.165, 1.54) is 0 Å². The van der Waals surface area contributed by atoms with Crippen molar-refractivity contribution in [2.45, 2.75) is 44.1 Å².